The van der Waals surface area contributed by atoms with Gasteiger partial charge in [0.25, 0.3) is 5.91 Å². The number of hydrogen-bond acceptors (Lipinski definition) is 6. The van der Waals surface area contributed by atoms with Gasteiger partial charge in [-0.25, -0.2) is 22.6 Å². The van der Waals surface area contributed by atoms with E-state index in [1.54, 1.807) is 18.2 Å². The third kappa shape index (κ3) is 4.79. The van der Waals surface area contributed by atoms with Crippen LogP contribution in [0.4, 0.5) is 17.6 Å². The van der Waals surface area contributed by atoms with E-state index in [0.29, 0.717) is 23.3 Å². The molecule has 0 radical (unpaired) electrons. The number of carbonyl (C=O) groups is 1. The van der Waals surface area contributed by atoms with Gasteiger partial charge in [0.05, 0.1) is 7.11 Å². The maximum Gasteiger partial charge on any atom is 0.281 e. The summed E-state index contributed by atoms with van der Waals surface area (Å²) in [7, 11) is 1.38. The zero-order valence-electron chi connectivity index (χ0n) is 18.0. The molecule has 0 N–H and O–H groups in total. The van der Waals surface area contributed by atoms with Gasteiger partial charge in [-0.3, -0.25) is 4.79 Å². The highest BCUT2D eigenvalue weighted by Crippen LogP contribution is 2.47. The molecule has 35 heavy (non-hydrogen) atoms. The van der Waals surface area contributed by atoms with Crippen molar-refractivity contribution in [3.8, 4) is 17.6 Å². The topological polar surface area (TPSA) is 74.9 Å². The van der Waals surface area contributed by atoms with Crippen LogP contribution >= 0.6 is 11.8 Å². The first-order valence-corrected chi connectivity index (χ1v) is 10.9. The van der Waals surface area contributed by atoms with Gasteiger partial charge in [0.2, 0.25) is 0 Å². The normalized spacial score (nSPS) is 14.9. The molecule has 1 unspecified atom stereocenters. The number of rotatable bonds is 6. The summed E-state index contributed by atoms with van der Waals surface area (Å²) in [6, 6.07) is 12.6. The molecule has 1 amide bonds. The number of ether oxygens (including phenoxy) is 2. The number of methoxy groups -OCH3 is 1. The van der Waals surface area contributed by atoms with Gasteiger partial charge in [-0.15, -0.1) is 0 Å². The summed E-state index contributed by atoms with van der Waals surface area (Å²) in [5.41, 5.74) is -0.232. The van der Waals surface area contributed by atoms with Crippen LogP contribution in [0, 0.1) is 34.6 Å². The van der Waals surface area contributed by atoms with Gasteiger partial charge in [0, 0.05) is 23.3 Å². The van der Waals surface area contributed by atoms with E-state index < -0.39 is 40.1 Å². The summed E-state index contributed by atoms with van der Waals surface area (Å²) < 4.78 is 66.7. The van der Waals surface area contributed by atoms with E-state index in [-0.39, 0.29) is 23.1 Å². The monoisotopic (exact) mass is 501 g/mol. The Morgan fingerprint density at radius 1 is 1.09 bits per heavy atom. The summed E-state index contributed by atoms with van der Waals surface area (Å²) in [6.07, 6.45) is 0. The van der Waals surface area contributed by atoms with Gasteiger partial charge in [-0.1, -0.05) is 23.9 Å². The van der Waals surface area contributed by atoms with Crippen molar-refractivity contribution in [2.75, 3.05) is 13.7 Å². The lowest BCUT2D eigenvalue weighted by molar-refractivity contribution is 0.0737. The van der Waals surface area contributed by atoms with Crippen molar-refractivity contribution in [3.05, 3.63) is 94.6 Å². The molecule has 3 aromatic carbocycles. The number of nitrogens with zero attached hydrogens (tertiary/aromatic N) is 3. The number of amides is 1. The van der Waals surface area contributed by atoms with Gasteiger partial charge >= 0.3 is 0 Å². The Morgan fingerprint density at radius 2 is 1.77 bits per heavy atom. The molecule has 0 spiro atoms. The van der Waals surface area contributed by atoms with E-state index in [1.165, 1.54) is 31.4 Å². The molecule has 1 aliphatic heterocycles. The number of carbonyl (C=O) groups excluding carboxylic acids is 1. The third-order valence-electron chi connectivity index (χ3n) is 4.94. The predicted octanol–water partition coefficient (Wildman–Crippen LogP) is 5.40. The first kappa shape index (κ1) is 24.1. The van der Waals surface area contributed by atoms with Crippen LogP contribution in [-0.4, -0.2) is 29.7 Å². The second-order valence-corrected chi connectivity index (χ2v) is 8.17. The maximum atomic E-state index is 14.5. The standard InChI is InChI=1S/C24H15F4N3O3S/c1-33-19-4-2-3-16(21(19)34-10-9-29)24-31(23(32)20-17(27)11-15(26)12-18(20)28)30-22(35-24)13-5-7-14(25)8-6-13/h2-8,11-12,24H,10H2,1H3. The number of hydrazone groups is 1. The Hall–Kier alpha value is -4.04. The van der Waals surface area contributed by atoms with Crippen LogP contribution in [0.5, 0.6) is 11.5 Å². The summed E-state index contributed by atoms with van der Waals surface area (Å²) in [6.45, 7) is -0.342. The molecular weight excluding hydrogens is 486 g/mol. The number of benzene rings is 3. The van der Waals surface area contributed by atoms with Crippen LogP contribution in [0.2, 0.25) is 0 Å². The minimum Gasteiger partial charge on any atom is -0.493 e. The number of para-hydroxylation sites is 1. The van der Waals surface area contributed by atoms with Gasteiger partial charge in [0.1, 0.15) is 45.3 Å². The molecule has 1 aliphatic rings. The molecule has 0 aromatic heterocycles. The van der Waals surface area contributed by atoms with Crippen molar-refractivity contribution >= 4 is 22.7 Å². The highest BCUT2D eigenvalue weighted by Gasteiger charge is 2.39. The number of hydrogen-bond donors (Lipinski definition) is 0. The molecule has 3 aromatic rings. The molecule has 1 heterocycles. The van der Waals surface area contributed by atoms with Crippen molar-refractivity contribution in [2.24, 2.45) is 5.10 Å². The van der Waals surface area contributed by atoms with Crippen LogP contribution in [-0.2, 0) is 0 Å². The molecule has 1 atom stereocenters. The molecular formula is C24H15F4N3O3S. The van der Waals surface area contributed by atoms with Crippen LogP contribution in [0.25, 0.3) is 0 Å². The van der Waals surface area contributed by atoms with Crippen molar-refractivity contribution in [1.82, 2.24) is 5.01 Å². The lowest BCUT2D eigenvalue weighted by Crippen LogP contribution is -2.28. The largest absolute Gasteiger partial charge is 0.493 e. The molecule has 6 nitrogen and oxygen atoms in total. The van der Waals surface area contributed by atoms with Crippen LogP contribution in [0.3, 0.4) is 0 Å². The molecule has 11 heteroatoms. The fourth-order valence-corrected chi connectivity index (χ4v) is 4.58. The Morgan fingerprint density at radius 3 is 2.40 bits per heavy atom. The quantitative estimate of drug-likeness (QED) is 0.423. The number of thioether (sulfide) groups is 1. The zero-order valence-corrected chi connectivity index (χ0v) is 18.8. The Labute approximate surface area is 201 Å². The Kier molecular flexibility index (Phi) is 6.93. The molecule has 0 saturated carbocycles. The lowest BCUT2D eigenvalue weighted by Gasteiger charge is -2.24. The molecule has 4 rings (SSSR count). The zero-order chi connectivity index (χ0) is 25.1. The van der Waals surface area contributed by atoms with Gasteiger partial charge in [-0.05, 0) is 30.3 Å². The summed E-state index contributed by atoms with van der Waals surface area (Å²) >= 11 is 1.03. The fourth-order valence-electron chi connectivity index (χ4n) is 3.40. The van der Waals surface area contributed by atoms with E-state index in [4.69, 9.17) is 14.7 Å². The second kappa shape index (κ2) is 10.1. The van der Waals surface area contributed by atoms with Gasteiger partial charge in [0.15, 0.2) is 18.1 Å². The SMILES string of the molecule is COc1cccc(C2SC(c3ccc(F)cc3)=NN2C(=O)c2c(F)cc(F)cc2F)c1OCC#N. The van der Waals surface area contributed by atoms with Crippen molar-refractivity contribution in [2.45, 2.75) is 5.37 Å². The first-order chi connectivity index (χ1) is 16.8. The van der Waals surface area contributed by atoms with E-state index in [9.17, 15) is 22.4 Å². The first-order valence-electron chi connectivity index (χ1n) is 10.00. The highest BCUT2D eigenvalue weighted by molar-refractivity contribution is 8.14. The molecule has 0 fully saturated rings. The van der Waals surface area contributed by atoms with Gasteiger partial charge in [-0.2, -0.15) is 10.4 Å². The molecule has 0 saturated heterocycles. The van der Waals surface area contributed by atoms with Crippen LogP contribution in [0.15, 0.2) is 59.7 Å². The van der Waals surface area contributed by atoms with Gasteiger partial charge < -0.3 is 9.47 Å². The predicted molar refractivity (Wildman–Crippen MR) is 120 cm³/mol. The van der Waals surface area contributed by atoms with Crippen LogP contribution < -0.4 is 9.47 Å². The summed E-state index contributed by atoms with van der Waals surface area (Å²) in [4.78, 5) is 13.3. The fraction of sp³-hybridized carbons (Fsp3) is 0.125. The smallest absolute Gasteiger partial charge is 0.281 e. The van der Waals surface area contributed by atoms with Crippen LogP contribution in [0.1, 0.15) is 26.9 Å². The van der Waals surface area contributed by atoms with E-state index in [2.05, 4.69) is 5.10 Å². The minimum atomic E-state index is -1.40. The molecule has 0 aliphatic carbocycles. The number of halogens is 4. The lowest BCUT2D eigenvalue weighted by atomic mass is 10.1. The summed E-state index contributed by atoms with van der Waals surface area (Å²) in [5.74, 6) is -5.26. The molecule has 178 valence electrons. The molecule has 0 bridgehead atoms. The van der Waals surface area contributed by atoms with E-state index in [0.717, 1.165) is 16.8 Å². The number of nitriles is 1. The average Bonchev–Trinajstić information content (AvgIpc) is 3.27. The average molecular weight is 501 g/mol. The van der Waals surface area contributed by atoms with Crippen molar-refractivity contribution in [3.63, 3.8) is 0 Å². The Bertz CT molecular complexity index is 1340. The second-order valence-electron chi connectivity index (χ2n) is 7.10. The maximum absolute atomic E-state index is 14.5. The Balaban J connectivity index is 1.84. The van der Waals surface area contributed by atoms with E-state index in [1.807, 2.05) is 6.07 Å². The van der Waals surface area contributed by atoms with Crippen molar-refractivity contribution < 1.29 is 31.8 Å². The van der Waals surface area contributed by atoms with Crippen molar-refractivity contribution in [1.29, 1.82) is 5.26 Å². The minimum absolute atomic E-state index is 0.127. The summed E-state index contributed by atoms with van der Waals surface area (Å²) in [5, 5.41) is 13.3. The third-order valence-corrected chi connectivity index (χ3v) is 6.16. The van der Waals surface area contributed by atoms with E-state index >= 15 is 0 Å². The highest BCUT2D eigenvalue weighted by atomic mass is 32.2.